The van der Waals surface area contributed by atoms with E-state index < -0.39 is 24.5 Å². The van der Waals surface area contributed by atoms with Crippen molar-refractivity contribution in [2.24, 2.45) is 0 Å². The average Bonchev–Trinajstić information content (AvgIpc) is 3.45. The molecule has 1 N–H and O–H groups in total. The van der Waals surface area contributed by atoms with Crippen molar-refractivity contribution < 1.29 is 28.3 Å². The van der Waals surface area contributed by atoms with Gasteiger partial charge in [0.25, 0.3) is 5.91 Å². The van der Waals surface area contributed by atoms with Gasteiger partial charge in [0.2, 0.25) is 0 Å². The summed E-state index contributed by atoms with van der Waals surface area (Å²) in [6, 6.07) is 7.24. The number of amides is 1. The first-order valence-corrected chi connectivity index (χ1v) is 10.8. The summed E-state index contributed by atoms with van der Waals surface area (Å²) in [5.41, 5.74) is 0.981. The molecule has 3 aromatic rings. The molecule has 0 radical (unpaired) electrons. The minimum atomic E-state index is -0.685. The van der Waals surface area contributed by atoms with Crippen LogP contribution in [0.1, 0.15) is 28.8 Å². The molecule has 0 fully saturated rings. The summed E-state index contributed by atoms with van der Waals surface area (Å²) in [6.07, 6.45) is 2.63. The number of nitrogens with one attached hydrogen (secondary N) is 1. The molecule has 1 amide bonds. The molecule has 0 saturated carbocycles. The zero-order chi connectivity index (χ0) is 21.5. The fraction of sp³-hybridized carbons (Fsp3) is 0.190. The van der Waals surface area contributed by atoms with Gasteiger partial charge in [-0.2, -0.15) is 0 Å². The number of carbonyl (C=O) groups is 3. The van der Waals surface area contributed by atoms with E-state index in [4.69, 9.17) is 13.9 Å². The van der Waals surface area contributed by atoms with Gasteiger partial charge >= 0.3 is 11.9 Å². The lowest BCUT2D eigenvalue weighted by Crippen LogP contribution is -2.21. The van der Waals surface area contributed by atoms with Crippen LogP contribution in [0.4, 0.5) is 5.00 Å². The van der Waals surface area contributed by atoms with Crippen LogP contribution in [0.15, 0.2) is 45.5 Å². The monoisotopic (exact) mass is 445 g/mol. The second-order valence-electron chi connectivity index (χ2n) is 5.99. The van der Waals surface area contributed by atoms with E-state index in [0.29, 0.717) is 16.3 Å². The molecule has 0 bridgehead atoms. The van der Waals surface area contributed by atoms with Crippen molar-refractivity contribution in [1.29, 1.82) is 0 Å². The van der Waals surface area contributed by atoms with Crippen LogP contribution in [0.2, 0.25) is 0 Å². The average molecular weight is 446 g/mol. The van der Waals surface area contributed by atoms with Crippen molar-refractivity contribution in [2.45, 2.75) is 13.8 Å². The first-order chi connectivity index (χ1) is 14.5. The van der Waals surface area contributed by atoms with Gasteiger partial charge in [-0.05, 0) is 43.5 Å². The third-order valence-electron chi connectivity index (χ3n) is 3.80. The maximum absolute atomic E-state index is 12.4. The van der Waals surface area contributed by atoms with Crippen molar-refractivity contribution in [3.05, 3.63) is 58.2 Å². The molecule has 0 saturated heterocycles. The van der Waals surface area contributed by atoms with Crippen LogP contribution in [0.3, 0.4) is 0 Å². The van der Waals surface area contributed by atoms with Gasteiger partial charge in [-0.25, -0.2) is 9.59 Å². The van der Waals surface area contributed by atoms with Crippen molar-refractivity contribution in [3.8, 4) is 10.4 Å². The van der Waals surface area contributed by atoms with E-state index in [1.165, 1.54) is 34.8 Å². The second-order valence-corrected chi connectivity index (χ2v) is 7.82. The van der Waals surface area contributed by atoms with Crippen LogP contribution in [0.25, 0.3) is 16.5 Å². The number of ether oxygens (including phenoxy) is 2. The van der Waals surface area contributed by atoms with Crippen LogP contribution in [0.5, 0.6) is 0 Å². The summed E-state index contributed by atoms with van der Waals surface area (Å²) < 4.78 is 15.4. The SMILES string of the molecule is CCOC(=O)c1c(-c2cccs2)csc1NC(=O)COC(=O)C=Cc1ccc(C)o1. The molecule has 0 spiro atoms. The van der Waals surface area contributed by atoms with Gasteiger partial charge in [0.1, 0.15) is 22.1 Å². The Kier molecular flexibility index (Phi) is 7.21. The van der Waals surface area contributed by atoms with Gasteiger partial charge in [-0.15, -0.1) is 22.7 Å². The molecule has 0 aliphatic carbocycles. The number of anilines is 1. The van der Waals surface area contributed by atoms with Gasteiger partial charge in [0.05, 0.1) is 6.61 Å². The third-order valence-corrected chi connectivity index (χ3v) is 5.60. The number of hydrogen-bond donors (Lipinski definition) is 1. The molecule has 7 nitrogen and oxygen atoms in total. The number of carbonyl (C=O) groups excluding carboxylic acids is 3. The van der Waals surface area contributed by atoms with Gasteiger partial charge in [0.15, 0.2) is 6.61 Å². The lowest BCUT2D eigenvalue weighted by molar-refractivity contribution is -0.142. The van der Waals surface area contributed by atoms with Gasteiger partial charge in [-0.3, -0.25) is 4.79 Å². The smallest absolute Gasteiger partial charge is 0.341 e. The van der Waals surface area contributed by atoms with Crippen molar-refractivity contribution >= 4 is 51.6 Å². The summed E-state index contributed by atoms with van der Waals surface area (Å²) in [5, 5.41) is 6.66. The minimum Gasteiger partial charge on any atom is -0.462 e. The highest BCUT2D eigenvalue weighted by Crippen LogP contribution is 2.38. The molecule has 156 valence electrons. The molecule has 3 rings (SSSR count). The minimum absolute atomic E-state index is 0.213. The van der Waals surface area contributed by atoms with Crippen molar-refractivity contribution in [3.63, 3.8) is 0 Å². The van der Waals surface area contributed by atoms with Gasteiger partial charge in [0, 0.05) is 21.9 Å². The fourth-order valence-corrected chi connectivity index (χ4v) is 4.30. The third kappa shape index (κ3) is 5.46. The van der Waals surface area contributed by atoms with E-state index in [9.17, 15) is 14.4 Å². The Balaban J connectivity index is 1.64. The van der Waals surface area contributed by atoms with E-state index in [1.54, 1.807) is 31.4 Å². The Morgan fingerprint density at radius 1 is 1.17 bits per heavy atom. The maximum atomic E-state index is 12.4. The Morgan fingerprint density at radius 2 is 2.00 bits per heavy atom. The molecule has 3 heterocycles. The Bertz CT molecular complexity index is 1060. The molecular weight excluding hydrogens is 426 g/mol. The molecule has 0 aliphatic rings. The van der Waals surface area contributed by atoms with Crippen LogP contribution in [-0.4, -0.2) is 31.1 Å². The van der Waals surface area contributed by atoms with Crippen LogP contribution < -0.4 is 5.32 Å². The predicted octanol–water partition coefficient (Wildman–Crippen LogP) is 4.75. The van der Waals surface area contributed by atoms with E-state index in [2.05, 4.69) is 5.32 Å². The highest BCUT2D eigenvalue weighted by Gasteiger charge is 2.23. The fourth-order valence-electron chi connectivity index (χ4n) is 2.51. The zero-order valence-electron chi connectivity index (χ0n) is 16.3. The van der Waals surface area contributed by atoms with E-state index in [1.807, 2.05) is 17.5 Å². The number of furan rings is 1. The number of thiophene rings is 2. The summed E-state index contributed by atoms with van der Waals surface area (Å²) in [6.45, 7) is 3.23. The quantitative estimate of drug-likeness (QED) is 0.397. The molecule has 3 aromatic heterocycles. The number of rotatable bonds is 8. The predicted molar refractivity (Wildman–Crippen MR) is 116 cm³/mol. The van der Waals surface area contributed by atoms with Crippen molar-refractivity contribution in [2.75, 3.05) is 18.5 Å². The van der Waals surface area contributed by atoms with Crippen LogP contribution >= 0.6 is 22.7 Å². The topological polar surface area (TPSA) is 94.8 Å². The van der Waals surface area contributed by atoms with Crippen LogP contribution in [-0.2, 0) is 19.1 Å². The summed E-state index contributed by atoms with van der Waals surface area (Å²) in [4.78, 5) is 37.4. The standard InChI is InChI=1S/C21H19NO6S2/c1-3-26-21(25)19-15(16-5-4-10-29-16)12-30-20(19)22-17(23)11-27-18(24)9-8-14-7-6-13(2)28-14/h4-10,12H,3,11H2,1-2H3,(H,22,23). The summed E-state index contributed by atoms with van der Waals surface area (Å²) in [5.74, 6) is -0.539. The van der Waals surface area contributed by atoms with E-state index in [-0.39, 0.29) is 12.2 Å². The van der Waals surface area contributed by atoms with Gasteiger partial charge < -0.3 is 19.2 Å². The molecule has 0 atom stereocenters. The molecule has 0 aliphatic heterocycles. The number of hydrogen-bond acceptors (Lipinski definition) is 8. The molecule has 0 aromatic carbocycles. The second kappa shape index (κ2) is 10.0. The first kappa shape index (κ1) is 21.5. The first-order valence-electron chi connectivity index (χ1n) is 9.01. The molecule has 0 unspecified atom stereocenters. The zero-order valence-corrected chi connectivity index (χ0v) is 17.9. The lowest BCUT2D eigenvalue weighted by Gasteiger charge is -2.08. The largest absolute Gasteiger partial charge is 0.462 e. The normalized spacial score (nSPS) is 10.9. The summed E-state index contributed by atoms with van der Waals surface area (Å²) in [7, 11) is 0. The highest BCUT2D eigenvalue weighted by atomic mass is 32.1. The molecular formula is C21H19NO6S2. The summed E-state index contributed by atoms with van der Waals surface area (Å²) >= 11 is 2.69. The van der Waals surface area contributed by atoms with E-state index >= 15 is 0 Å². The number of esters is 2. The number of aryl methyl sites for hydroxylation is 1. The Labute approximate surface area is 180 Å². The van der Waals surface area contributed by atoms with Crippen LogP contribution in [0, 0.1) is 6.92 Å². The Morgan fingerprint density at radius 3 is 2.67 bits per heavy atom. The lowest BCUT2D eigenvalue weighted by atomic mass is 10.1. The molecule has 30 heavy (non-hydrogen) atoms. The Hall–Kier alpha value is -3.17. The van der Waals surface area contributed by atoms with E-state index in [0.717, 1.165) is 10.6 Å². The van der Waals surface area contributed by atoms with Gasteiger partial charge in [-0.1, -0.05) is 6.07 Å². The maximum Gasteiger partial charge on any atom is 0.341 e. The molecule has 9 heteroatoms. The van der Waals surface area contributed by atoms with Crippen molar-refractivity contribution in [1.82, 2.24) is 0 Å². The highest BCUT2D eigenvalue weighted by molar-refractivity contribution is 7.17.